The van der Waals surface area contributed by atoms with Gasteiger partial charge in [0, 0.05) is 6.92 Å². The molecule has 0 saturated heterocycles. The van der Waals surface area contributed by atoms with E-state index in [1.54, 1.807) is 6.07 Å². The van der Waals surface area contributed by atoms with Crippen molar-refractivity contribution in [1.29, 1.82) is 0 Å². The maximum Gasteiger partial charge on any atom is 0.223 e. The number of thiophene rings is 1. The zero-order valence-electron chi connectivity index (χ0n) is 7.23. The van der Waals surface area contributed by atoms with Crippen molar-refractivity contribution in [2.45, 2.75) is 6.92 Å². The molecule has 0 aliphatic heterocycles. The van der Waals surface area contributed by atoms with E-state index in [1.165, 1.54) is 29.6 Å². The van der Waals surface area contributed by atoms with Crippen LogP contribution in [0.15, 0.2) is 6.07 Å². The third-order valence-electron chi connectivity index (χ3n) is 1.51. The van der Waals surface area contributed by atoms with Crippen LogP contribution in [0.5, 0.6) is 0 Å². The second-order valence-electron chi connectivity index (χ2n) is 2.64. The molecule has 2 aromatic rings. The minimum Gasteiger partial charge on any atom is -0.302 e. The number of anilines is 1. The van der Waals surface area contributed by atoms with Crippen LogP contribution < -0.4 is 5.32 Å². The molecule has 0 radical (unpaired) electrons. The summed E-state index contributed by atoms with van der Waals surface area (Å²) in [5.41, 5.74) is 0. The number of hydrogen-bond acceptors (Lipinski definition) is 5. The van der Waals surface area contributed by atoms with Crippen molar-refractivity contribution < 1.29 is 9.59 Å². The van der Waals surface area contributed by atoms with Crippen LogP contribution >= 0.6 is 22.7 Å². The average molecular weight is 226 g/mol. The normalized spacial score (nSPS) is 10.4. The third-order valence-corrected chi connectivity index (χ3v) is 3.51. The predicted octanol–water partition coefficient (Wildman–Crippen LogP) is 2.13. The van der Waals surface area contributed by atoms with Gasteiger partial charge >= 0.3 is 0 Å². The first-order valence-corrected chi connectivity index (χ1v) is 5.45. The van der Waals surface area contributed by atoms with Gasteiger partial charge in [-0.15, -0.1) is 11.3 Å². The van der Waals surface area contributed by atoms with Crippen molar-refractivity contribution in [1.82, 2.24) is 4.98 Å². The zero-order valence-corrected chi connectivity index (χ0v) is 8.87. The van der Waals surface area contributed by atoms with Crippen molar-refractivity contribution in [2.24, 2.45) is 0 Å². The summed E-state index contributed by atoms with van der Waals surface area (Å²) in [4.78, 5) is 26.8. The van der Waals surface area contributed by atoms with Crippen molar-refractivity contribution >= 4 is 49.5 Å². The summed E-state index contributed by atoms with van der Waals surface area (Å²) in [5, 5.41) is 3.18. The molecular weight excluding hydrogens is 220 g/mol. The Morgan fingerprint density at radius 3 is 2.93 bits per heavy atom. The van der Waals surface area contributed by atoms with Crippen LogP contribution in [0.4, 0.5) is 5.13 Å². The van der Waals surface area contributed by atoms with Crippen molar-refractivity contribution in [3.63, 3.8) is 0 Å². The van der Waals surface area contributed by atoms with Gasteiger partial charge in [-0.1, -0.05) is 11.3 Å². The Kier molecular flexibility index (Phi) is 2.30. The van der Waals surface area contributed by atoms with Crippen LogP contribution in [0.25, 0.3) is 9.53 Å². The van der Waals surface area contributed by atoms with Crippen LogP contribution in [0, 0.1) is 0 Å². The highest BCUT2D eigenvalue weighted by atomic mass is 32.1. The van der Waals surface area contributed by atoms with E-state index < -0.39 is 0 Å². The van der Waals surface area contributed by atoms with Crippen LogP contribution in [-0.2, 0) is 4.79 Å². The first-order valence-electron chi connectivity index (χ1n) is 3.82. The van der Waals surface area contributed by atoms with Crippen LogP contribution in [-0.4, -0.2) is 17.2 Å². The number of carbonyl (C=O) groups is 2. The SMILES string of the molecule is CC(=O)Nc1nc2sc(C=O)cc2s1. The maximum absolute atomic E-state index is 10.7. The monoisotopic (exact) mass is 226 g/mol. The molecule has 0 aromatic carbocycles. The Balaban J connectivity index is 2.39. The molecule has 0 aliphatic rings. The summed E-state index contributed by atoms with van der Waals surface area (Å²) < 4.78 is 0.931. The molecule has 0 spiro atoms. The fraction of sp³-hybridized carbons (Fsp3) is 0.125. The number of amides is 1. The largest absolute Gasteiger partial charge is 0.302 e. The minimum atomic E-state index is -0.137. The predicted molar refractivity (Wildman–Crippen MR) is 57.2 cm³/mol. The highest BCUT2D eigenvalue weighted by Crippen LogP contribution is 2.31. The molecule has 0 aliphatic carbocycles. The van der Waals surface area contributed by atoms with E-state index in [4.69, 9.17) is 0 Å². The molecule has 0 bridgehead atoms. The Morgan fingerprint density at radius 2 is 2.36 bits per heavy atom. The maximum atomic E-state index is 10.7. The summed E-state index contributed by atoms with van der Waals surface area (Å²) in [6.07, 6.45) is 0.803. The molecule has 14 heavy (non-hydrogen) atoms. The van der Waals surface area contributed by atoms with E-state index in [0.717, 1.165) is 15.8 Å². The molecule has 0 atom stereocenters. The lowest BCUT2D eigenvalue weighted by molar-refractivity contribution is -0.114. The number of aldehydes is 1. The summed E-state index contributed by atoms with van der Waals surface area (Å²) >= 11 is 2.70. The topological polar surface area (TPSA) is 59.1 Å². The quantitative estimate of drug-likeness (QED) is 0.798. The Bertz CT molecular complexity index is 469. The van der Waals surface area contributed by atoms with Crippen LogP contribution in [0.1, 0.15) is 16.6 Å². The Labute approximate surface area is 87.6 Å². The first-order chi connectivity index (χ1) is 6.69. The fourth-order valence-electron chi connectivity index (χ4n) is 1.01. The number of nitrogens with zero attached hydrogens (tertiary/aromatic N) is 1. The fourth-order valence-corrected chi connectivity index (χ4v) is 3.00. The molecule has 6 heteroatoms. The van der Waals surface area contributed by atoms with Gasteiger partial charge in [0.05, 0.1) is 9.58 Å². The number of rotatable bonds is 2. The van der Waals surface area contributed by atoms with E-state index >= 15 is 0 Å². The van der Waals surface area contributed by atoms with Gasteiger partial charge in [-0.2, -0.15) is 0 Å². The lowest BCUT2D eigenvalue weighted by atomic mass is 10.5. The van der Waals surface area contributed by atoms with E-state index in [0.29, 0.717) is 10.0 Å². The second kappa shape index (κ2) is 3.47. The molecule has 2 aromatic heterocycles. The van der Waals surface area contributed by atoms with E-state index in [-0.39, 0.29) is 5.91 Å². The van der Waals surface area contributed by atoms with E-state index in [2.05, 4.69) is 10.3 Å². The molecule has 1 N–H and O–H groups in total. The van der Waals surface area contributed by atoms with E-state index in [1.807, 2.05) is 0 Å². The van der Waals surface area contributed by atoms with Gasteiger partial charge in [0.15, 0.2) is 11.4 Å². The summed E-state index contributed by atoms with van der Waals surface area (Å²) in [6, 6.07) is 1.77. The van der Waals surface area contributed by atoms with Crippen molar-refractivity contribution in [2.75, 3.05) is 5.32 Å². The molecule has 0 fully saturated rings. The average Bonchev–Trinajstić information content (AvgIpc) is 2.59. The van der Waals surface area contributed by atoms with Gasteiger partial charge in [0.1, 0.15) is 4.83 Å². The van der Waals surface area contributed by atoms with Gasteiger partial charge in [0.25, 0.3) is 0 Å². The Hall–Kier alpha value is -1.27. The number of hydrogen-bond donors (Lipinski definition) is 1. The van der Waals surface area contributed by atoms with Crippen molar-refractivity contribution in [3.8, 4) is 0 Å². The van der Waals surface area contributed by atoms with Crippen molar-refractivity contribution in [3.05, 3.63) is 10.9 Å². The highest BCUT2D eigenvalue weighted by molar-refractivity contribution is 7.29. The van der Waals surface area contributed by atoms with Crippen LogP contribution in [0.2, 0.25) is 0 Å². The second-order valence-corrected chi connectivity index (χ2v) is 4.73. The molecular formula is C8H6N2O2S2. The highest BCUT2D eigenvalue weighted by Gasteiger charge is 2.08. The molecule has 4 nitrogen and oxygen atoms in total. The number of nitrogens with one attached hydrogen (secondary N) is 1. The van der Waals surface area contributed by atoms with Gasteiger partial charge in [0.2, 0.25) is 5.91 Å². The Morgan fingerprint density at radius 1 is 1.57 bits per heavy atom. The summed E-state index contributed by atoms with van der Waals surface area (Å²) in [5.74, 6) is -0.137. The molecule has 0 saturated carbocycles. The van der Waals surface area contributed by atoms with Gasteiger partial charge in [-0.3, -0.25) is 9.59 Å². The smallest absolute Gasteiger partial charge is 0.223 e. The van der Waals surface area contributed by atoms with Gasteiger partial charge < -0.3 is 5.32 Å². The number of thiazole rings is 1. The molecule has 72 valence electrons. The number of fused-ring (bicyclic) bond motifs is 1. The third kappa shape index (κ3) is 1.66. The molecule has 2 rings (SSSR count). The van der Waals surface area contributed by atoms with Crippen LogP contribution in [0.3, 0.4) is 0 Å². The minimum absolute atomic E-state index is 0.137. The summed E-state index contributed by atoms with van der Waals surface area (Å²) in [6.45, 7) is 1.44. The van der Waals surface area contributed by atoms with E-state index in [9.17, 15) is 9.59 Å². The number of carbonyl (C=O) groups excluding carboxylic acids is 2. The first kappa shape index (κ1) is 9.29. The standard InChI is InChI=1S/C8H6N2O2S2/c1-4(12)9-8-10-7-6(14-8)2-5(3-11)13-7/h2-3H,1H3,(H,9,10,12). The van der Waals surface area contributed by atoms with Gasteiger partial charge in [-0.05, 0) is 6.07 Å². The zero-order chi connectivity index (χ0) is 10.1. The molecule has 1 amide bonds. The number of aromatic nitrogens is 1. The van der Waals surface area contributed by atoms with Gasteiger partial charge in [-0.25, -0.2) is 4.98 Å². The lowest BCUT2D eigenvalue weighted by Crippen LogP contribution is -2.04. The molecule has 2 heterocycles. The summed E-state index contributed by atoms with van der Waals surface area (Å²) in [7, 11) is 0. The lowest BCUT2D eigenvalue weighted by Gasteiger charge is -1.91. The molecule has 0 unspecified atom stereocenters.